The van der Waals surface area contributed by atoms with Gasteiger partial charge in [-0.2, -0.15) is 31.4 Å². The molecule has 0 amide bonds. The van der Waals surface area contributed by atoms with Crippen molar-refractivity contribution in [3.63, 3.8) is 0 Å². The number of rotatable bonds is 5. The highest BCUT2D eigenvalue weighted by molar-refractivity contribution is 7.08. The van der Waals surface area contributed by atoms with Crippen molar-refractivity contribution in [3.05, 3.63) is 35.3 Å². The Labute approximate surface area is 119 Å². The quantitative estimate of drug-likeness (QED) is 0.749. The van der Waals surface area contributed by atoms with E-state index >= 15 is 0 Å². The summed E-state index contributed by atoms with van der Waals surface area (Å²) in [6, 6.07) is 3.79. The zero-order valence-electron chi connectivity index (χ0n) is 10.8. The maximum absolute atomic E-state index is 4.36. The van der Waals surface area contributed by atoms with Gasteiger partial charge in [0, 0.05) is 24.3 Å². The SMILES string of the molecule is CCNc1nc(Nc2ccsc2)nc(-n2cccn2)n1. The number of nitrogens with one attached hydrogen (secondary N) is 2. The van der Waals surface area contributed by atoms with E-state index in [1.807, 2.05) is 29.8 Å². The van der Waals surface area contributed by atoms with Gasteiger partial charge in [-0.15, -0.1) is 0 Å². The second-order valence-corrected chi connectivity index (χ2v) is 4.68. The Morgan fingerprint density at radius 3 is 2.85 bits per heavy atom. The van der Waals surface area contributed by atoms with Crippen molar-refractivity contribution in [2.45, 2.75) is 6.92 Å². The summed E-state index contributed by atoms with van der Waals surface area (Å²) in [5.74, 6) is 1.48. The molecule has 7 nitrogen and oxygen atoms in total. The molecule has 102 valence electrons. The monoisotopic (exact) mass is 287 g/mol. The van der Waals surface area contributed by atoms with E-state index in [4.69, 9.17) is 0 Å². The van der Waals surface area contributed by atoms with Crippen LogP contribution in [0.25, 0.3) is 5.95 Å². The predicted octanol–water partition coefficient (Wildman–Crippen LogP) is 2.29. The molecular weight excluding hydrogens is 274 g/mol. The van der Waals surface area contributed by atoms with Crippen LogP contribution in [0.1, 0.15) is 6.92 Å². The van der Waals surface area contributed by atoms with Crippen LogP contribution in [-0.2, 0) is 0 Å². The van der Waals surface area contributed by atoms with Crippen LogP contribution in [0.15, 0.2) is 35.3 Å². The van der Waals surface area contributed by atoms with Crippen molar-refractivity contribution in [2.24, 2.45) is 0 Å². The molecule has 0 saturated carbocycles. The number of anilines is 3. The highest BCUT2D eigenvalue weighted by atomic mass is 32.1. The summed E-state index contributed by atoms with van der Waals surface area (Å²) >= 11 is 1.61. The second kappa shape index (κ2) is 5.66. The molecule has 0 radical (unpaired) electrons. The Kier molecular flexibility index (Phi) is 3.55. The average molecular weight is 287 g/mol. The molecule has 0 saturated heterocycles. The van der Waals surface area contributed by atoms with Crippen LogP contribution in [0.5, 0.6) is 0 Å². The standard InChI is InChI=1S/C12H13N7S/c1-2-13-10-16-11(15-9-4-7-20-8-9)18-12(17-10)19-6-3-5-14-19/h3-8H,2H2,1H3,(H2,13,15,16,17,18). The summed E-state index contributed by atoms with van der Waals surface area (Å²) in [5.41, 5.74) is 0.954. The van der Waals surface area contributed by atoms with Crippen LogP contribution >= 0.6 is 11.3 Å². The maximum atomic E-state index is 4.36. The van der Waals surface area contributed by atoms with Gasteiger partial charge in [-0.3, -0.25) is 0 Å². The lowest BCUT2D eigenvalue weighted by molar-refractivity contribution is 0.798. The number of thiophene rings is 1. The average Bonchev–Trinajstić information content (AvgIpc) is 3.11. The summed E-state index contributed by atoms with van der Waals surface area (Å²) in [6.07, 6.45) is 3.47. The lowest BCUT2D eigenvalue weighted by atomic mass is 10.5. The largest absolute Gasteiger partial charge is 0.354 e. The molecule has 3 rings (SSSR count). The van der Waals surface area contributed by atoms with Gasteiger partial charge in [-0.1, -0.05) is 0 Å². The van der Waals surface area contributed by atoms with Gasteiger partial charge in [0.1, 0.15) is 0 Å². The van der Waals surface area contributed by atoms with Crippen molar-refractivity contribution < 1.29 is 0 Å². The highest BCUT2D eigenvalue weighted by Crippen LogP contribution is 2.17. The van der Waals surface area contributed by atoms with Crippen molar-refractivity contribution in [3.8, 4) is 5.95 Å². The van der Waals surface area contributed by atoms with Crippen LogP contribution in [0, 0.1) is 0 Å². The fourth-order valence-corrected chi connectivity index (χ4v) is 2.20. The van der Waals surface area contributed by atoms with Crippen LogP contribution in [0.2, 0.25) is 0 Å². The number of hydrogen-bond acceptors (Lipinski definition) is 7. The lowest BCUT2D eigenvalue weighted by Crippen LogP contribution is -2.11. The summed E-state index contributed by atoms with van der Waals surface area (Å²) in [6.45, 7) is 2.73. The fourth-order valence-electron chi connectivity index (χ4n) is 1.61. The molecule has 0 atom stereocenters. The molecule has 0 aromatic carbocycles. The van der Waals surface area contributed by atoms with Crippen LogP contribution in [-0.4, -0.2) is 31.3 Å². The molecule has 0 fully saturated rings. The summed E-state index contributed by atoms with van der Waals surface area (Å²) in [4.78, 5) is 13.0. The van der Waals surface area contributed by atoms with Gasteiger partial charge in [-0.25, -0.2) is 4.68 Å². The van der Waals surface area contributed by atoms with Crippen LogP contribution in [0.4, 0.5) is 17.6 Å². The predicted molar refractivity (Wildman–Crippen MR) is 78.7 cm³/mol. The van der Waals surface area contributed by atoms with E-state index < -0.39 is 0 Å². The number of nitrogens with zero attached hydrogens (tertiary/aromatic N) is 5. The molecule has 0 aliphatic heterocycles. The molecule has 3 aromatic heterocycles. The molecule has 2 N–H and O–H groups in total. The first kappa shape index (κ1) is 12.5. The highest BCUT2D eigenvalue weighted by Gasteiger charge is 2.08. The second-order valence-electron chi connectivity index (χ2n) is 3.90. The van der Waals surface area contributed by atoms with Gasteiger partial charge < -0.3 is 10.6 Å². The summed E-state index contributed by atoms with van der Waals surface area (Å²) in [7, 11) is 0. The summed E-state index contributed by atoms with van der Waals surface area (Å²) < 4.78 is 1.60. The first-order valence-electron chi connectivity index (χ1n) is 6.14. The minimum atomic E-state index is 0.471. The molecule has 0 bridgehead atoms. The van der Waals surface area contributed by atoms with E-state index in [9.17, 15) is 0 Å². The van der Waals surface area contributed by atoms with E-state index in [0.717, 1.165) is 12.2 Å². The van der Waals surface area contributed by atoms with Crippen molar-refractivity contribution in [2.75, 3.05) is 17.2 Å². The third-order valence-corrected chi connectivity index (χ3v) is 3.13. The summed E-state index contributed by atoms with van der Waals surface area (Å²) in [5, 5.41) is 14.4. The molecule has 3 heterocycles. The van der Waals surface area contributed by atoms with E-state index in [1.165, 1.54) is 0 Å². The maximum Gasteiger partial charge on any atom is 0.257 e. The van der Waals surface area contributed by atoms with Crippen LogP contribution in [0.3, 0.4) is 0 Å². The van der Waals surface area contributed by atoms with E-state index in [0.29, 0.717) is 17.8 Å². The number of hydrogen-bond donors (Lipinski definition) is 2. The van der Waals surface area contributed by atoms with E-state index in [2.05, 4.69) is 30.7 Å². The van der Waals surface area contributed by atoms with Gasteiger partial charge >= 0.3 is 0 Å². The third kappa shape index (κ3) is 2.75. The Morgan fingerprint density at radius 1 is 1.25 bits per heavy atom. The van der Waals surface area contributed by atoms with Gasteiger partial charge in [-0.05, 0) is 24.4 Å². The normalized spacial score (nSPS) is 10.4. The zero-order valence-corrected chi connectivity index (χ0v) is 11.6. The topological polar surface area (TPSA) is 80.5 Å². The van der Waals surface area contributed by atoms with Crippen molar-refractivity contribution in [1.29, 1.82) is 0 Å². The number of aromatic nitrogens is 5. The third-order valence-electron chi connectivity index (χ3n) is 2.45. The lowest BCUT2D eigenvalue weighted by Gasteiger charge is -2.08. The molecular formula is C12H13N7S. The molecule has 0 aliphatic carbocycles. The molecule has 8 heteroatoms. The zero-order chi connectivity index (χ0) is 13.8. The van der Waals surface area contributed by atoms with Gasteiger partial charge in [0.15, 0.2) is 0 Å². The fraction of sp³-hybridized carbons (Fsp3) is 0.167. The minimum absolute atomic E-state index is 0.471. The molecule has 20 heavy (non-hydrogen) atoms. The Hall–Kier alpha value is -2.48. The minimum Gasteiger partial charge on any atom is -0.354 e. The van der Waals surface area contributed by atoms with E-state index in [-0.39, 0.29) is 0 Å². The van der Waals surface area contributed by atoms with Gasteiger partial charge in [0.2, 0.25) is 11.9 Å². The Balaban J connectivity index is 1.96. The van der Waals surface area contributed by atoms with Crippen LogP contribution < -0.4 is 10.6 Å². The molecule has 0 spiro atoms. The Bertz CT molecular complexity index is 663. The first-order valence-corrected chi connectivity index (χ1v) is 7.08. The molecule has 3 aromatic rings. The Morgan fingerprint density at radius 2 is 2.15 bits per heavy atom. The van der Waals surface area contributed by atoms with Gasteiger partial charge in [0.25, 0.3) is 5.95 Å². The van der Waals surface area contributed by atoms with Gasteiger partial charge in [0.05, 0.1) is 5.69 Å². The molecule has 0 unspecified atom stereocenters. The van der Waals surface area contributed by atoms with Crippen molar-refractivity contribution in [1.82, 2.24) is 24.7 Å². The first-order chi connectivity index (χ1) is 9.85. The van der Waals surface area contributed by atoms with Crippen molar-refractivity contribution >= 4 is 28.9 Å². The van der Waals surface area contributed by atoms with E-state index in [1.54, 1.807) is 28.4 Å². The molecule has 0 aliphatic rings. The smallest absolute Gasteiger partial charge is 0.257 e.